The molecule has 2 rings (SSSR count). The summed E-state index contributed by atoms with van der Waals surface area (Å²) in [7, 11) is -2.12. The maximum atomic E-state index is 12.1. The van der Waals surface area contributed by atoms with Gasteiger partial charge in [0.1, 0.15) is 10.6 Å². The van der Waals surface area contributed by atoms with E-state index >= 15 is 0 Å². The van der Waals surface area contributed by atoms with Gasteiger partial charge < -0.3 is 4.74 Å². The monoisotopic (exact) mass is 278 g/mol. The van der Waals surface area contributed by atoms with Gasteiger partial charge in [0.2, 0.25) is 10.0 Å². The molecule has 0 saturated heterocycles. The van der Waals surface area contributed by atoms with Crippen LogP contribution in [-0.4, -0.2) is 20.5 Å². The smallest absolute Gasteiger partial charge is 0.242 e. The first-order chi connectivity index (χ1) is 9.12. The van der Waals surface area contributed by atoms with Crippen molar-refractivity contribution in [1.82, 2.24) is 9.71 Å². The van der Waals surface area contributed by atoms with E-state index in [1.165, 1.54) is 25.6 Å². The molecule has 1 aromatic carbocycles. The molecule has 0 spiro atoms. The standard InChI is InChI=1S/C13H14N2O3S/c1-18-12-7-13(10-14-9-12)19(16,17)15-8-11-5-3-2-4-6-11/h2-7,9-10,15H,8H2,1H3. The summed E-state index contributed by atoms with van der Waals surface area (Å²) < 4.78 is 31.6. The van der Waals surface area contributed by atoms with Crippen LogP contribution in [0.15, 0.2) is 53.7 Å². The Balaban J connectivity index is 2.14. The Morgan fingerprint density at radius 2 is 1.95 bits per heavy atom. The fraction of sp³-hybridized carbons (Fsp3) is 0.154. The molecule has 1 aromatic heterocycles. The van der Waals surface area contributed by atoms with Crippen LogP contribution >= 0.6 is 0 Å². The molecule has 0 saturated carbocycles. The van der Waals surface area contributed by atoms with Crippen LogP contribution in [0.5, 0.6) is 5.75 Å². The minimum Gasteiger partial charge on any atom is -0.495 e. The van der Waals surface area contributed by atoms with E-state index in [1.807, 2.05) is 30.3 Å². The highest BCUT2D eigenvalue weighted by Crippen LogP contribution is 2.15. The van der Waals surface area contributed by atoms with Crippen LogP contribution in [0.2, 0.25) is 0 Å². The first kappa shape index (κ1) is 13.5. The molecule has 1 N–H and O–H groups in total. The van der Waals surface area contributed by atoms with E-state index in [4.69, 9.17) is 4.74 Å². The fourth-order valence-corrected chi connectivity index (χ4v) is 2.51. The van der Waals surface area contributed by atoms with Crippen molar-refractivity contribution < 1.29 is 13.2 Å². The van der Waals surface area contributed by atoms with E-state index in [9.17, 15) is 8.42 Å². The Bertz CT molecular complexity index is 642. The molecular weight excluding hydrogens is 264 g/mol. The Hall–Kier alpha value is -1.92. The average Bonchev–Trinajstić information content (AvgIpc) is 2.46. The Morgan fingerprint density at radius 3 is 2.63 bits per heavy atom. The molecule has 0 atom stereocenters. The first-order valence-corrected chi connectivity index (χ1v) is 7.13. The number of ether oxygens (including phenoxy) is 1. The summed E-state index contributed by atoms with van der Waals surface area (Å²) in [5, 5.41) is 0. The van der Waals surface area contributed by atoms with Gasteiger partial charge in [-0.05, 0) is 5.56 Å². The van der Waals surface area contributed by atoms with E-state index in [-0.39, 0.29) is 11.4 Å². The lowest BCUT2D eigenvalue weighted by Gasteiger charge is -2.07. The van der Waals surface area contributed by atoms with E-state index in [0.717, 1.165) is 5.56 Å². The van der Waals surface area contributed by atoms with Gasteiger partial charge in [-0.25, -0.2) is 13.1 Å². The molecule has 0 amide bonds. The second-order valence-electron chi connectivity index (χ2n) is 3.87. The summed E-state index contributed by atoms with van der Waals surface area (Å²) in [5.74, 6) is 0.405. The van der Waals surface area contributed by atoms with Gasteiger partial charge in [0.15, 0.2) is 0 Å². The number of aromatic nitrogens is 1. The molecule has 0 bridgehead atoms. The van der Waals surface area contributed by atoms with Crippen molar-refractivity contribution in [3.8, 4) is 5.75 Å². The molecule has 0 fully saturated rings. The molecular formula is C13H14N2O3S. The van der Waals surface area contributed by atoms with E-state index < -0.39 is 10.0 Å². The van der Waals surface area contributed by atoms with Crippen molar-refractivity contribution in [2.24, 2.45) is 0 Å². The second-order valence-corrected chi connectivity index (χ2v) is 5.64. The molecule has 1 heterocycles. The Labute approximate surface area is 112 Å². The van der Waals surface area contributed by atoms with Crippen molar-refractivity contribution in [3.05, 3.63) is 54.4 Å². The third kappa shape index (κ3) is 3.52. The zero-order chi connectivity index (χ0) is 13.7. The number of hydrogen-bond donors (Lipinski definition) is 1. The number of sulfonamides is 1. The van der Waals surface area contributed by atoms with Gasteiger partial charge in [-0.2, -0.15) is 0 Å². The van der Waals surface area contributed by atoms with Crippen LogP contribution in [0.25, 0.3) is 0 Å². The number of benzene rings is 1. The van der Waals surface area contributed by atoms with Crippen molar-refractivity contribution >= 4 is 10.0 Å². The predicted molar refractivity (Wildman–Crippen MR) is 71.3 cm³/mol. The number of nitrogens with zero attached hydrogens (tertiary/aromatic N) is 1. The molecule has 2 aromatic rings. The number of nitrogens with one attached hydrogen (secondary N) is 1. The molecule has 0 radical (unpaired) electrons. The molecule has 6 heteroatoms. The van der Waals surface area contributed by atoms with Gasteiger partial charge in [-0.15, -0.1) is 0 Å². The topological polar surface area (TPSA) is 68.3 Å². The van der Waals surface area contributed by atoms with Gasteiger partial charge in [0.05, 0.1) is 13.3 Å². The zero-order valence-electron chi connectivity index (χ0n) is 10.4. The van der Waals surface area contributed by atoms with Crippen LogP contribution in [0.4, 0.5) is 0 Å². The van der Waals surface area contributed by atoms with Gasteiger partial charge in [-0.1, -0.05) is 30.3 Å². The largest absolute Gasteiger partial charge is 0.495 e. The Kier molecular flexibility index (Phi) is 4.13. The first-order valence-electron chi connectivity index (χ1n) is 5.64. The van der Waals surface area contributed by atoms with Crippen LogP contribution in [0, 0.1) is 0 Å². The summed E-state index contributed by atoms with van der Waals surface area (Å²) in [4.78, 5) is 3.92. The van der Waals surface area contributed by atoms with Gasteiger partial charge in [-0.3, -0.25) is 4.98 Å². The molecule has 5 nitrogen and oxygen atoms in total. The minimum atomic E-state index is -3.58. The molecule has 0 aliphatic carbocycles. The molecule has 19 heavy (non-hydrogen) atoms. The van der Waals surface area contributed by atoms with E-state index in [2.05, 4.69) is 9.71 Å². The number of methoxy groups -OCH3 is 1. The summed E-state index contributed by atoms with van der Waals surface area (Å²) in [6, 6.07) is 10.7. The SMILES string of the molecule is COc1cncc(S(=O)(=O)NCc2ccccc2)c1. The molecule has 0 aliphatic heterocycles. The summed E-state index contributed by atoms with van der Waals surface area (Å²) in [6.07, 6.45) is 2.74. The van der Waals surface area contributed by atoms with Crippen LogP contribution in [0.1, 0.15) is 5.56 Å². The summed E-state index contributed by atoms with van der Waals surface area (Å²) in [6.45, 7) is 0.236. The molecule has 0 unspecified atom stereocenters. The average molecular weight is 278 g/mol. The zero-order valence-corrected chi connectivity index (χ0v) is 11.2. The van der Waals surface area contributed by atoms with Crippen molar-refractivity contribution in [3.63, 3.8) is 0 Å². The summed E-state index contributed by atoms with van der Waals surface area (Å²) >= 11 is 0. The summed E-state index contributed by atoms with van der Waals surface area (Å²) in [5.41, 5.74) is 0.891. The molecule has 0 aliphatic rings. The normalized spacial score (nSPS) is 11.2. The lowest BCUT2D eigenvalue weighted by atomic mass is 10.2. The third-order valence-corrected chi connectivity index (χ3v) is 3.91. The van der Waals surface area contributed by atoms with Gasteiger partial charge in [0, 0.05) is 18.8 Å². The second kappa shape index (κ2) is 5.81. The van der Waals surface area contributed by atoms with E-state index in [1.54, 1.807) is 0 Å². The highest BCUT2D eigenvalue weighted by Gasteiger charge is 2.14. The highest BCUT2D eigenvalue weighted by atomic mass is 32.2. The van der Waals surface area contributed by atoms with Crippen molar-refractivity contribution in [2.75, 3.05) is 7.11 Å². The quantitative estimate of drug-likeness (QED) is 0.901. The van der Waals surface area contributed by atoms with E-state index in [0.29, 0.717) is 5.75 Å². The Morgan fingerprint density at radius 1 is 1.21 bits per heavy atom. The predicted octanol–water partition coefficient (Wildman–Crippen LogP) is 1.57. The fourth-order valence-electron chi connectivity index (χ4n) is 1.52. The lowest BCUT2D eigenvalue weighted by Crippen LogP contribution is -2.23. The minimum absolute atomic E-state index is 0.0859. The van der Waals surface area contributed by atoms with Crippen LogP contribution < -0.4 is 9.46 Å². The van der Waals surface area contributed by atoms with Crippen molar-refractivity contribution in [1.29, 1.82) is 0 Å². The van der Waals surface area contributed by atoms with Crippen LogP contribution in [0.3, 0.4) is 0 Å². The van der Waals surface area contributed by atoms with Gasteiger partial charge >= 0.3 is 0 Å². The third-order valence-electron chi connectivity index (χ3n) is 2.54. The maximum absolute atomic E-state index is 12.1. The lowest BCUT2D eigenvalue weighted by molar-refractivity contribution is 0.411. The molecule has 100 valence electrons. The number of pyridine rings is 1. The maximum Gasteiger partial charge on any atom is 0.242 e. The van der Waals surface area contributed by atoms with Gasteiger partial charge in [0.25, 0.3) is 0 Å². The van der Waals surface area contributed by atoms with Crippen LogP contribution in [-0.2, 0) is 16.6 Å². The van der Waals surface area contributed by atoms with Crippen molar-refractivity contribution in [2.45, 2.75) is 11.4 Å². The number of rotatable bonds is 5. The number of hydrogen-bond acceptors (Lipinski definition) is 4. The highest BCUT2D eigenvalue weighted by molar-refractivity contribution is 7.89.